The molecule has 6 nitrogen and oxygen atoms in total. The molecular formula is C16H19BrN2O4. The molecule has 2 N–H and O–H groups in total. The number of carboxylic acid groups (broad SMARTS) is 1. The van der Waals surface area contributed by atoms with Gasteiger partial charge in [-0.2, -0.15) is 0 Å². The lowest BCUT2D eigenvalue weighted by Crippen LogP contribution is -2.41. The zero-order valence-corrected chi connectivity index (χ0v) is 14.6. The first-order chi connectivity index (χ1) is 10.7. The van der Waals surface area contributed by atoms with E-state index in [4.69, 9.17) is 5.11 Å². The summed E-state index contributed by atoms with van der Waals surface area (Å²) in [5, 5.41) is 11.7. The molecule has 0 aromatic heterocycles. The van der Waals surface area contributed by atoms with Gasteiger partial charge in [0.2, 0.25) is 11.8 Å². The van der Waals surface area contributed by atoms with Crippen molar-refractivity contribution in [2.24, 2.45) is 11.3 Å². The first-order valence-electron chi connectivity index (χ1n) is 7.28. The summed E-state index contributed by atoms with van der Waals surface area (Å²) < 4.78 is 0.793. The lowest BCUT2D eigenvalue weighted by molar-refractivity contribution is -0.147. The highest BCUT2D eigenvalue weighted by Gasteiger charge is 2.37. The number of nitrogens with zero attached hydrogens (tertiary/aromatic N) is 1. The molecule has 23 heavy (non-hydrogen) atoms. The van der Waals surface area contributed by atoms with Crippen LogP contribution in [0.25, 0.3) is 0 Å². The number of hydrogen-bond acceptors (Lipinski definition) is 3. The van der Waals surface area contributed by atoms with Crippen molar-refractivity contribution in [1.82, 2.24) is 5.32 Å². The van der Waals surface area contributed by atoms with Gasteiger partial charge in [-0.15, -0.1) is 0 Å². The van der Waals surface area contributed by atoms with Gasteiger partial charge in [0.15, 0.2) is 0 Å². The molecule has 1 saturated heterocycles. The van der Waals surface area contributed by atoms with Crippen LogP contribution in [0.2, 0.25) is 0 Å². The second-order valence-corrected chi connectivity index (χ2v) is 7.12. The van der Waals surface area contributed by atoms with Crippen LogP contribution in [-0.2, 0) is 14.4 Å². The van der Waals surface area contributed by atoms with Gasteiger partial charge in [0.1, 0.15) is 0 Å². The third-order valence-corrected chi connectivity index (χ3v) is 4.59. The number of para-hydroxylation sites is 1. The molecular weight excluding hydrogens is 364 g/mol. The number of benzene rings is 1. The van der Waals surface area contributed by atoms with Crippen LogP contribution in [0.3, 0.4) is 0 Å². The number of rotatable bonds is 5. The predicted molar refractivity (Wildman–Crippen MR) is 89.0 cm³/mol. The summed E-state index contributed by atoms with van der Waals surface area (Å²) in [6.07, 6.45) is 0.126. The van der Waals surface area contributed by atoms with Crippen molar-refractivity contribution in [2.75, 3.05) is 18.0 Å². The zero-order valence-electron chi connectivity index (χ0n) is 13.0. The van der Waals surface area contributed by atoms with E-state index in [1.165, 1.54) is 0 Å². The first kappa shape index (κ1) is 17.5. The Balaban J connectivity index is 2.01. The van der Waals surface area contributed by atoms with Gasteiger partial charge in [-0.25, -0.2) is 0 Å². The van der Waals surface area contributed by atoms with E-state index < -0.39 is 17.3 Å². The van der Waals surface area contributed by atoms with Gasteiger partial charge in [0, 0.05) is 24.0 Å². The van der Waals surface area contributed by atoms with Gasteiger partial charge in [-0.05, 0) is 41.9 Å². The molecule has 2 amide bonds. The Hall–Kier alpha value is -1.89. The topological polar surface area (TPSA) is 86.7 Å². The maximum atomic E-state index is 12.2. The van der Waals surface area contributed by atoms with Crippen molar-refractivity contribution < 1.29 is 19.5 Å². The third kappa shape index (κ3) is 3.90. The normalized spacial score (nSPS) is 18.1. The number of amides is 2. The van der Waals surface area contributed by atoms with Crippen LogP contribution in [0.15, 0.2) is 28.7 Å². The molecule has 124 valence electrons. The minimum absolute atomic E-state index is 0.0287. The van der Waals surface area contributed by atoms with E-state index in [1.807, 2.05) is 24.3 Å². The van der Waals surface area contributed by atoms with Crippen molar-refractivity contribution in [2.45, 2.75) is 20.3 Å². The Bertz CT molecular complexity index is 645. The van der Waals surface area contributed by atoms with Crippen LogP contribution >= 0.6 is 15.9 Å². The summed E-state index contributed by atoms with van der Waals surface area (Å²) in [5.41, 5.74) is -0.306. The highest BCUT2D eigenvalue weighted by Crippen LogP contribution is 2.31. The standard InChI is InChI=1S/C16H19BrN2O4/c1-16(2,15(22)23)9-18-14(21)10-7-13(20)19(8-10)12-6-4-3-5-11(12)17/h3-6,10H,7-9H2,1-2H3,(H,18,21)(H,22,23). The molecule has 7 heteroatoms. The minimum atomic E-state index is -1.04. The summed E-state index contributed by atoms with van der Waals surface area (Å²) in [5.74, 6) is -1.86. The number of carbonyl (C=O) groups excluding carboxylic acids is 2. The highest BCUT2D eigenvalue weighted by molar-refractivity contribution is 9.10. The number of nitrogens with one attached hydrogen (secondary N) is 1. The number of anilines is 1. The Morgan fingerprint density at radius 2 is 2.04 bits per heavy atom. The number of aliphatic carboxylic acids is 1. The van der Waals surface area contributed by atoms with Crippen molar-refractivity contribution in [3.8, 4) is 0 Å². The molecule has 1 atom stereocenters. The maximum absolute atomic E-state index is 12.2. The van der Waals surface area contributed by atoms with Gasteiger partial charge < -0.3 is 15.3 Å². The van der Waals surface area contributed by atoms with E-state index in [1.54, 1.807) is 18.7 Å². The Morgan fingerprint density at radius 3 is 2.65 bits per heavy atom. The van der Waals surface area contributed by atoms with Gasteiger partial charge >= 0.3 is 5.97 Å². The third-order valence-electron chi connectivity index (χ3n) is 3.92. The van der Waals surface area contributed by atoms with Crippen molar-refractivity contribution in [3.63, 3.8) is 0 Å². The molecule has 2 rings (SSSR count). The molecule has 0 bridgehead atoms. The second-order valence-electron chi connectivity index (χ2n) is 6.26. The van der Waals surface area contributed by atoms with E-state index in [0.29, 0.717) is 6.54 Å². The molecule has 0 radical (unpaired) electrons. The monoisotopic (exact) mass is 382 g/mol. The van der Waals surface area contributed by atoms with E-state index in [0.717, 1.165) is 10.2 Å². The lowest BCUT2D eigenvalue weighted by atomic mass is 9.93. The van der Waals surface area contributed by atoms with Gasteiger partial charge in [0.25, 0.3) is 0 Å². The van der Waals surface area contributed by atoms with Gasteiger partial charge in [-0.1, -0.05) is 12.1 Å². The highest BCUT2D eigenvalue weighted by atomic mass is 79.9. The fourth-order valence-corrected chi connectivity index (χ4v) is 2.81. The fraction of sp³-hybridized carbons (Fsp3) is 0.438. The van der Waals surface area contributed by atoms with Crippen LogP contribution in [-0.4, -0.2) is 36.0 Å². The summed E-state index contributed by atoms with van der Waals surface area (Å²) in [6, 6.07) is 7.34. The summed E-state index contributed by atoms with van der Waals surface area (Å²) in [7, 11) is 0. The molecule has 1 aromatic carbocycles. The van der Waals surface area contributed by atoms with Crippen LogP contribution in [0, 0.1) is 11.3 Å². The molecule has 1 fully saturated rings. The molecule has 1 aliphatic rings. The van der Waals surface area contributed by atoms with E-state index in [9.17, 15) is 14.4 Å². The van der Waals surface area contributed by atoms with E-state index in [-0.39, 0.29) is 24.8 Å². The SMILES string of the molecule is CC(C)(CNC(=O)C1CC(=O)N(c2ccccc2Br)C1)C(=O)O. The predicted octanol–water partition coefficient (Wildman–Crippen LogP) is 2.03. The van der Waals surface area contributed by atoms with E-state index in [2.05, 4.69) is 21.2 Å². The van der Waals surface area contributed by atoms with Gasteiger partial charge in [-0.3, -0.25) is 14.4 Å². The molecule has 0 saturated carbocycles. The van der Waals surface area contributed by atoms with Crippen molar-refractivity contribution >= 4 is 39.4 Å². The average Bonchev–Trinajstić information content (AvgIpc) is 2.87. The first-order valence-corrected chi connectivity index (χ1v) is 8.07. The maximum Gasteiger partial charge on any atom is 0.310 e. The van der Waals surface area contributed by atoms with Crippen LogP contribution in [0.1, 0.15) is 20.3 Å². The molecule has 1 heterocycles. The van der Waals surface area contributed by atoms with Crippen molar-refractivity contribution in [3.05, 3.63) is 28.7 Å². The van der Waals surface area contributed by atoms with Crippen LogP contribution in [0.4, 0.5) is 5.69 Å². The fourth-order valence-electron chi connectivity index (χ4n) is 2.31. The average molecular weight is 383 g/mol. The Morgan fingerprint density at radius 1 is 1.39 bits per heavy atom. The smallest absolute Gasteiger partial charge is 0.310 e. The quantitative estimate of drug-likeness (QED) is 0.815. The van der Waals surface area contributed by atoms with Crippen LogP contribution in [0.5, 0.6) is 0 Å². The van der Waals surface area contributed by atoms with Crippen LogP contribution < -0.4 is 10.2 Å². The molecule has 1 aromatic rings. The number of carboxylic acids is 1. The number of carbonyl (C=O) groups is 3. The molecule has 0 spiro atoms. The summed E-state index contributed by atoms with van der Waals surface area (Å²) in [6.45, 7) is 3.41. The summed E-state index contributed by atoms with van der Waals surface area (Å²) in [4.78, 5) is 37.1. The number of hydrogen-bond donors (Lipinski definition) is 2. The van der Waals surface area contributed by atoms with Gasteiger partial charge in [0.05, 0.1) is 17.0 Å². The molecule has 0 aliphatic carbocycles. The summed E-state index contributed by atoms with van der Waals surface area (Å²) >= 11 is 3.40. The number of halogens is 1. The lowest BCUT2D eigenvalue weighted by Gasteiger charge is -2.21. The minimum Gasteiger partial charge on any atom is -0.481 e. The second kappa shape index (κ2) is 6.70. The Labute approximate surface area is 143 Å². The largest absolute Gasteiger partial charge is 0.481 e. The van der Waals surface area contributed by atoms with Crippen molar-refractivity contribution in [1.29, 1.82) is 0 Å². The van der Waals surface area contributed by atoms with E-state index >= 15 is 0 Å². The zero-order chi connectivity index (χ0) is 17.2. The molecule has 1 aliphatic heterocycles. The Kier molecular flexibility index (Phi) is 5.09. The molecule has 1 unspecified atom stereocenters.